The standard InChI is InChI=1S/C14H15FN2O4/c15-10-5-2-1-4-9(10)13(19)16-8-12(18)17-7-3-6-11(17)14(20)21/h1-2,4-5,11H,3,6-8H2,(H,16,19)(H,20,21). The lowest BCUT2D eigenvalue weighted by Crippen LogP contribution is -2.45. The van der Waals surface area contributed by atoms with Gasteiger partial charge in [0.2, 0.25) is 5.91 Å². The van der Waals surface area contributed by atoms with Gasteiger partial charge in [-0.3, -0.25) is 9.59 Å². The topological polar surface area (TPSA) is 86.7 Å². The minimum absolute atomic E-state index is 0.151. The minimum Gasteiger partial charge on any atom is -0.480 e. The van der Waals surface area contributed by atoms with Crippen LogP contribution in [0.15, 0.2) is 24.3 Å². The van der Waals surface area contributed by atoms with Gasteiger partial charge >= 0.3 is 5.97 Å². The van der Waals surface area contributed by atoms with E-state index in [1.165, 1.54) is 23.1 Å². The van der Waals surface area contributed by atoms with Crippen LogP contribution in [0.25, 0.3) is 0 Å². The van der Waals surface area contributed by atoms with Gasteiger partial charge < -0.3 is 15.3 Å². The molecule has 0 spiro atoms. The number of carboxylic acids is 1. The highest BCUT2D eigenvalue weighted by Crippen LogP contribution is 2.17. The molecular formula is C14H15FN2O4. The summed E-state index contributed by atoms with van der Waals surface area (Å²) in [6.07, 6.45) is 1.02. The molecule has 0 bridgehead atoms. The number of amides is 2. The first-order valence-corrected chi connectivity index (χ1v) is 6.55. The molecule has 6 nitrogen and oxygen atoms in total. The predicted molar refractivity (Wildman–Crippen MR) is 71.1 cm³/mol. The Kier molecular flexibility index (Phi) is 4.52. The summed E-state index contributed by atoms with van der Waals surface area (Å²) in [5.41, 5.74) is -0.151. The molecule has 21 heavy (non-hydrogen) atoms. The van der Waals surface area contributed by atoms with E-state index in [1.807, 2.05) is 0 Å². The molecule has 1 aliphatic rings. The molecule has 1 aromatic rings. The number of nitrogens with one attached hydrogen (secondary N) is 1. The second-order valence-corrected chi connectivity index (χ2v) is 4.75. The fraction of sp³-hybridized carbons (Fsp3) is 0.357. The fourth-order valence-corrected chi connectivity index (χ4v) is 2.32. The Labute approximate surface area is 120 Å². The van der Waals surface area contributed by atoms with Crippen LogP contribution in [-0.2, 0) is 9.59 Å². The molecule has 1 aromatic carbocycles. The SMILES string of the molecule is O=C(NCC(=O)N1CCCC1C(=O)O)c1ccccc1F. The molecule has 1 saturated heterocycles. The molecule has 2 N–H and O–H groups in total. The average molecular weight is 294 g/mol. The molecule has 1 aliphatic heterocycles. The van der Waals surface area contributed by atoms with Gasteiger partial charge in [-0.05, 0) is 25.0 Å². The maximum absolute atomic E-state index is 13.4. The predicted octanol–water partition coefficient (Wildman–Crippen LogP) is 0.631. The Morgan fingerprint density at radius 3 is 2.71 bits per heavy atom. The monoisotopic (exact) mass is 294 g/mol. The van der Waals surface area contributed by atoms with E-state index in [0.717, 1.165) is 6.07 Å². The van der Waals surface area contributed by atoms with Gasteiger partial charge in [0.25, 0.3) is 5.91 Å². The number of halogens is 1. The van der Waals surface area contributed by atoms with Crippen LogP contribution in [0.4, 0.5) is 4.39 Å². The maximum atomic E-state index is 13.4. The van der Waals surface area contributed by atoms with Crippen LogP contribution in [0.2, 0.25) is 0 Å². The average Bonchev–Trinajstić information content (AvgIpc) is 2.94. The number of rotatable bonds is 4. The number of hydrogen-bond donors (Lipinski definition) is 2. The molecule has 0 saturated carbocycles. The van der Waals surface area contributed by atoms with Gasteiger partial charge in [-0.2, -0.15) is 0 Å². The summed E-state index contributed by atoms with van der Waals surface area (Å²) in [7, 11) is 0. The summed E-state index contributed by atoms with van der Waals surface area (Å²) >= 11 is 0. The molecule has 112 valence electrons. The molecule has 1 fully saturated rings. The van der Waals surface area contributed by atoms with Crippen LogP contribution >= 0.6 is 0 Å². The molecule has 0 radical (unpaired) electrons. The van der Waals surface area contributed by atoms with Crippen LogP contribution in [0, 0.1) is 5.82 Å². The summed E-state index contributed by atoms with van der Waals surface area (Å²) in [6, 6.07) is 4.59. The number of carbonyl (C=O) groups is 3. The maximum Gasteiger partial charge on any atom is 0.326 e. The number of likely N-dealkylation sites (tertiary alicyclic amines) is 1. The minimum atomic E-state index is -1.05. The van der Waals surface area contributed by atoms with E-state index in [4.69, 9.17) is 5.11 Å². The lowest BCUT2D eigenvalue weighted by atomic mass is 10.2. The molecule has 2 rings (SSSR count). The molecule has 1 atom stereocenters. The first-order valence-electron chi connectivity index (χ1n) is 6.55. The van der Waals surface area contributed by atoms with E-state index in [-0.39, 0.29) is 12.1 Å². The van der Waals surface area contributed by atoms with Crippen LogP contribution in [0.3, 0.4) is 0 Å². The van der Waals surface area contributed by atoms with Gasteiger partial charge in [-0.1, -0.05) is 12.1 Å². The molecule has 1 heterocycles. The Hall–Kier alpha value is -2.44. The van der Waals surface area contributed by atoms with Crippen molar-refractivity contribution < 1.29 is 23.9 Å². The third kappa shape index (κ3) is 3.36. The van der Waals surface area contributed by atoms with Crippen molar-refractivity contribution in [2.45, 2.75) is 18.9 Å². The summed E-state index contributed by atoms with van der Waals surface area (Å²) in [5.74, 6) is -2.91. The molecule has 1 unspecified atom stereocenters. The molecular weight excluding hydrogens is 279 g/mol. The lowest BCUT2D eigenvalue weighted by Gasteiger charge is -2.21. The number of carboxylic acid groups (broad SMARTS) is 1. The zero-order valence-corrected chi connectivity index (χ0v) is 11.2. The summed E-state index contributed by atoms with van der Waals surface area (Å²) < 4.78 is 13.4. The second kappa shape index (κ2) is 6.34. The van der Waals surface area contributed by atoms with Crippen molar-refractivity contribution in [3.63, 3.8) is 0 Å². The van der Waals surface area contributed by atoms with Crippen LogP contribution in [0.1, 0.15) is 23.2 Å². The Balaban J connectivity index is 1.94. The van der Waals surface area contributed by atoms with E-state index in [9.17, 15) is 18.8 Å². The zero-order valence-electron chi connectivity index (χ0n) is 11.2. The largest absolute Gasteiger partial charge is 0.480 e. The number of hydrogen-bond acceptors (Lipinski definition) is 3. The molecule has 2 amide bonds. The Bertz CT molecular complexity index is 576. The van der Waals surface area contributed by atoms with Crippen molar-refractivity contribution in [2.75, 3.05) is 13.1 Å². The smallest absolute Gasteiger partial charge is 0.326 e. The van der Waals surface area contributed by atoms with Gasteiger partial charge in [0.15, 0.2) is 0 Å². The van der Waals surface area contributed by atoms with E-state index >= 15 is 0 Å². The third-order valence-corrected chi connectivity index (χ3v) is 3.38. The fourth-order valence-electron chi connectivity index (χ4n) is 2.32. The van der Waals surface area contributed by atoms with Gasteiger partial charge in [0, 0.05) is 6.54 Å². The summed E-state index contributed by atoms with van der Waals surface area (Å²) in [4.78, 5) is 35.9. The first kappa shape index (κ1) is 15.0. The number of aliphatic carboxylic acids is 1. The highest BCUT2D eigenvalue weighted by atomic mass is 19.1. The summed E-state index contributed by atoms with van der Waals surface area (Å²) in [6.45, 7) is 0.00230. The van der Waals surface area contributed by atoms with E-state index < -0.39 is 29.6 Å². The quantitative estimate of drug-likeness (QED) is 0.853. The Morgan fingerprint density at radius 2 is 2.05 bits per heavy atom. The van der Waals surface area contributed by atoms with Gasteiger partial charge in [0.05, 0.1) is 12.1 Å². The van der Waals surface area contributed by atoms with Crippen molar-refractivity contribution in [2.24, 2.45) is 0 Å². The summed E-state index contributed by atoms with van der Waals surface area (Å²) in [5, 5.41) is 11.3. The second-order valence-electron chi connectivity index (χ2n) is 4.75. The van der Waals surface area contributed by atoms with E-state index in [2.05, 4.69) is 5.32 Å². The normalized spacial score (nSPS) is 17.6. The highest BCUT2D eigenvalue weighted by molar-refractivity contribution is 5.97. The number of carbonyl (C=O) groups excluding carboxylic acids is 2. The van der Waals surface area contributed by atoms with Gasteiger partial charge in [-0.25, -0.2) is 9.18 Å². The van der Waals surface area contributed by atoms with Crippen LogP contribution in [0.5, 0.6) is 0 Å². The Morgan fingerprint density at radius 1 is 1.33 bits per heavy atom. The number of nitrogens with zero attached hydrogens (tertiary/aromatic N) is 1. The zero-order chi connectivity index (χ0) is 15.4. The van der Waals surface area contributed by atoms with Crippen LogP contribution in [-0.4, -0.2) is 46.9 Å². The highest BCUT2D eigenvalue weighted by Gasteiger charge is 2.33. The van der Waals surface area contributed by atoms with Crippen molar-refractivity contribution in [1.29, 1.82) is 0 Å². The molecule has 7 heteroatoms. The number of benzene rings is 1. The molecule has 0 aliphatic carbocycles. The van der Waals surface area contributed by atoms with Crippen LogP contribution < -0.4 is 5.32 Å². The lowest BCUT2D eigenvalue weighted by molar-refractivity contribution is -0.147. The van der Waals surface area contributed by atoms with Crippen molar-refractivity contribution >= 4 is 17.8 Å². The van der Waals surface area contributed by atoms with E-state index in [0.29, 0.717) is 19.4 Å². The van der Waals surface area contributed by atoms with Gasteiger partial charge in [0.1, 0.15) is 11.9 Å². The molecule has 0 aromatic heterocycles. The third-order valence-electron chi connectivity index (χ3n) is 3.38. The van der Waals surface area contributed by atoms with Crippen molar-refractivity contribution in [1.82, 2.24) is 10.2 Å². The van der Waals surface area contributed by atoms with Gasteiger partial charge in [-0.15, -0.1) is 0 Å². The van der Waals surface area contributed by atoms with Crippen molar-refractivity contribution in [3.8, 4) is 0 Å². The van der Waals surface area contributed by atoms with Crippen molar-refractivity contribution in [3.05, 3.63) is 35.6 Å². The first-order chi connectivity index (χ1) is 10.0. The van der Waals surface area contributed by atoms with E-state index in [1.54, 1.807) is 0 Å².